The first-order chi connectivity index (χ1) is 12.7. The highest BCUT2D eigenvalue weighted by Gasteiger charge is 2.25. The van der Waals surface area contributed by atoms with Gasteiger partial charge in [-0.2, -0.15) is 0 Å². The lowest BCUT2D eigenvalue weighted by molar-refractivity contribution is -0.132. The van der Waals surface area contributed by atoms with Gasteiger partial charge in [-0.3, -0.25) is 9.78 Å². The minimum absolute atomic E-state index is 0.159. The summed E-state index contributed by atoms with van der Waals surface area (Å²) in [5.74, 6) is 2.17. The number of aromatic nitrogens is 2. The van der Waals surface area contributed by atoms with Crippen LogP contribution < -0.4 is 10.1 Å². The molecule has 0 spiro atoms. The Hall–Kier alpha value is -2.63. The van der Waals surface area contributed by atoms with Gasteiger partial charge in [0.25, 0.3) is 0 Å². The van der Waals surface area contributed by atoms with E-state index in [1.165, 1.54) is 0 Å². The van der Waals surface area contributed by atoms with E-state index in [-0.39, 0.29) is 5.91 Å². The SMILES string of the molecule is CNc1nccnc1C[C@@H]1CCCN(C(=O)Cc2ccccc2OC)C1. The van der Waals surface area contributed by atoms with Crippen molar-refractivity contribution in [1.82, 2.24) is 14.9 Å². The molecular weight excluding hydrogens is 328 g/mol. The Kier molecular flexibility index (Phi) is 6.04. The van der Waals surface area contributed by atoms with Crippen molar-refractivity contribution in [1.29, 1.82) is 0 Å². The number of ether oxygens (including phenoxy) is 1. The van der Waals surface area contributed by atoms with Crippen molar-refractivity contribution in [2.24, 2.45) is 5.92 Å². The zero-order valence-corrected chi connectivity index (χ0v) is 15.4. The van der Waals surface area contributed by atoms with Gasteiger partial charge in [0.05, 0.1) is 19.2 Å². The minimum atomic E-state index is 0.159. The molecule has 1 atom stereocenters. The molecule has 1 aliphatic heterocycles. The number of piperidine rings is 1. The lowest BCUT2D eigenvalue weighted by atomic mass is 9.92. The predicted octanol–water partition coefficient (Wildman–Crippen LogP) is 2.55. The average molecular weight is 354 g/mol. The van der Waals surface area contributed by atoms with E-state index in [9.17, 15) is 4.79 Å². The van der Waals surface area contributed by atoms with Crippen molar-refractivity contribution in [2.45, 2.75) is 25.7 Å². The van der Waals surface area contributed by atoms with E-state index < -0.39 is 0 Å². The molecule has 6 nitrogen and oxygen atoms in total. The van der Waals surface area contributed by atoms with E-state index >= 15 is 0 Å². The van der Waals surface area contributed by atoms with Gasteiger partial charge in [-0.25, -0.2) is 4.98 Å². The van der Waals surface area contributed by atoms with Crippen LogP contribution in [0.15, 0.2) is 36.7 Å². The zero-order valence-electron chi connectivity index (χ0n) is 15.4. The summed E-state index contributed by atoms with van der Waals surface area (Å²) < 4.78 is 5.37. The number of amides is 1. The highest BCUT2D eigenvalue weighted by molar-refractivity contribution is 5.79. The molecule has 138 valence electrons. The number of rotatable bonds is 6. The van der Waals surface area contributed by atoms with Crippen molar-refractivity contribution in [2.75, 3.05) is 32.6 Å². The second kappa shape index (κ2) is 8.65. The molecule has 1 saturated heterocycles. The smallest absolute Gasteiger partial charge is 0.227 e. The summed E-state index contributed by atoms with van der Waals surface area (Å²) in [5, 5.41) is 3.10. The third-order valence-electron chi connectivity index (χ3n) is 4.90. The Bertz CT molecular complexity index is 750. The Labute approximate surface area is 154 Å². The van der Waals surface area contributed by atoms with Gasteiger partial charge in [0, 0.05) is 38.1 Å². The third kappa shape index (κ3) is 4.31. The van der Waals surface area contributed by atoms with Gasteiger partial charge in [-0.1, -0.05) is 18.2 Å². The monoisotopic (exact) mass is 354 g/mol. The first-order valence-electron chi connectivity index (χ1n) is 9.08. The number of anilines is 1. The van der Waals surface area contributed by atoms with Crippen molar-refractivity contribution in [3.63, 3.8) is 0 Å². The molecule has 0 saturated carbocycles. The molecule has 0 unspecified atom stereocenters. The number of para-hydroxylation sites is 1. The van der Waals surface area contributed by atoms with Crippen molar-refractivity contribution in [3.05, 3.63) is 47.9 Å². The number of carbonyl (C=O) groups excluding carboxylic acids is 1. The maximum atomic E-state index is 12.8. The molecule has 2 aromatic rings. The first kappa shape index (κ1) is 18.2. The summed E-state index contributed by atoms with van der Waals surface area (Å²) in [6.07, 6.45) is 6.77. The minimum Gasteiger partial charge on any atom is -0.496 e. The van der Waals surface area contributed by atoms with Gasteiger partial charge in [0.2, 0.25) is 5.91 Å². The summed E-state index contributed by atoms with van der Waals surface area (Å²) in [6, 6.07) is 7.72. The number of nitrogens with one attached hydrogen (secondary N) is 1. The fourth-order valence-corrected chi connectivity index (χ4v) is 3.58. The van der Waals surface area contributed by atoms with E-state index in [1.54, 1.807) is 19.5 Å². The van der Waals surface area contributed by atoms with Crippen LogP contribution in [0.4, 0.5) is 5.82 Å². The first-order valence-corrected chi connectivity index (χ1v) is 9.08. The maximum Gasteiger partial charge on any atom is 0.227 e. The number of nitrogens with zero attached hydrogens (tertiary/aromatic N) is 3. The maximum absolute atomic E-state index is 12.8. The Balaban J connectivity index is 1.63. The molecule has 0 radical (unpaired) electrons. The Morgan fingerprint density at radius 3 is 2.92 bits per heavy atom. The highest BCUT2D eigenvalue weighted by atomic mass is 16.5. The van der Waals surface area contributed by atoms with Crippen LogP contribution in [0.1, 0.15) is 24.1 Å². The van der Waals surface area contributed by atoms with Crippen LogP contribution in [0.3, 0.4) is 0 Å². The van der Waals surface area contributed by atoms with Gasteiger partial charge < -0.3 is 15.0 Å². The molecule has 3 rings (SSSR count). The van der Waals surface area contributed by atoms with Gasteiger partial charge in [-0.05, 0) is 31.2 Å². The van der Waals surface area contributed by atoms with E-state index in [1.807, 2.05) is 36.2 Å². The number of benzene rings is 1. The van der Waals surface area contributed by atoms with Crippen LogP contribution >= 0.6 is 0 Å². The topological polar surface area (TPSA) is 67.4 Å². The molecule has 26 heavy (non-hydrogen) atoms. The summed E-state index contributed by atoms with van der Waals surface area (Å²) in [7, 11) is 3.50. The van der Waals surface area contributed by atoms with E-state index in [0.717, 1.165) is 55.2 Å². The number of methoxy groups -OCH3 is 1. The second-order valence-corrected chi connectivity index (χ2v) is 6.64. The van der Waals surface area contributed by atoms with Crippen LogP contribution in [0.2, 0.25) is 0 Å². The van der Waals surface area contributed by atoms with Gasteiger partial charge in [0.1, 0.15) is 11.6 Å². The molecule has 2 heterocycles. The molecule has 1 aromatic carbocycles. The molecule has 1 amide bonds. The highest BCUT2D eigenvalue weighted by Crippen LogP contribution is 2.24. The summed E-state index contributed by atoms with van der Waals surface area (Å²) in [4.78, 5) is 23.6. The fraction of sp³-hybridized carbons (Fsp3) is 0.450. The van der Waals surface area contributed by atoms with Gasteiger partial charge >= 0.3 is 0 Å². The second-order valence-electron chi connectivity index (χ2n) is 6.64. The molecule has 0 bridgehead atoms. The van der Waals surface area contributed by atoms with Gasteiger partial charge in [-0.15, -0.1) is 0 Å². The van der Waals surface area contributed by atoms with Crippen LogP contribution in [-0.2, 0) is 17.6 Å². The molecule has 1 aliphatic rings. The molecule has 0 aliphatic carbocycles. The van der Waals surface area contributed by atoms with E-state index in [2.05, 4.69) is 15.3 Å². The predicted molar refractivity (Wildman–Crippen MR) is 101 cm³/mol. The third-order valence-corrected chi connectivity index (χ3v) is 4.90. The van der Waals surface area contributed by atoms with Crippen molar-refractivity contribution in [3.8, 4) is 5.75 Å². The number of hydrogen-bond donors (Lipinski definition) is 1. The van der Waals surface area contributed by atoms with Crippen LogP contribution in [0.25, 0.3) is 0 Å². The normalized spacial score (nSPS) is 17.0. The van der Waals surface area contributed by atoms with Gasteiger partial charge in [0.15, 0.2) is 0 Å². The fourth-order valence-electron chi connectivity index (χ4n) is 3.58. The molecule has 6 heteroatoms. The van der Waals surface area contributed by atoms with Crippen LogP contribution in [0, 0.1) is 5.92 Å². The van der Waals surface area contributed by atoms with E-state index in [0.29, 0.717) is 12.3 Å². The van der Waals surface area contributed by atoms with E-state index in [4.69, 9.17) is 4.74 Å². The van der Waals surface area contributed by atoms with Crippen LogP contribution in [0.5, 0.6) is 5.75 Å². The largest absolute Gasteiger partial charge is 0.496 e. The quantitative estimate of drug-likeness (QED) is 0.863. The Morgan fingerprint density at radius 1 is 1.31 bits per heavy atom. The molecule has 1 fully saturated rings. The number of hydrogen-bond acceptors (Lipinski definition) is 5. The van der Waals surface area contributed by atoms with Crippen molar-refractivity contribution >= 4 is 11.7 Å². The average Bonchev–Trinajstić information content (AvgIpc) is 2.69. The lowest BCUT2D eigenvalue weighted by Crippen LogP contribution is -2.41. The molecule has 1 aromatic heterocycles. The summed E-state index contributed by atoms with van der Waals surface area (Å²) in [5.41, 5.74) is 1.91. The number of carbonyl (C=O) groups is 1. The molecular formula is C20H26N4O2. The Morgan fingerprint density at radius 2 is 2.12 bits per heavy atom. The van der Waals surface area contributed by atoms with Crippen LogP contribution in [-0.4, -0.2) is 48.0 Å². The number of likely N-dealkylation sites (tertiary alicyclic amines) is 1. The summed E-state index contributed by atoms with van der Waals surface area (Å²) >= 11 is 0. The standard InChI is InChI=1S/C20H26N4O2/c1-21-20-17(22-9-10-23-20)12-15-6-5-11-24(14-15)19(25)13-16-7-3-4-8-18(16)26-2/h3-4,7-10,15H,5-6,11-14H2,1-2H3,(H,21,23)/t15-/m0/s1. The molecule has 1 N–H and O–H groups in total. The summed E-state index contributed by atoms with van der Waals surface area (Å²) in [6.45, 7) is 1.59. The van der Waals surface area contributed by atoms with Crippen molar-refractivity contribution < 1.29 is 9.53 Å². The zero-order chi connectivity index (χ0) is 18.4. The lowest BCUT2D eigenvalue weighted by Gasteiger charge is -2.33.